The minimum absolute atomic E-state index is 0.222. The molecule has 2 aliphatic heterocycles. The molecule has 0 radical (unpaired) electrons. The average Bonchev–Trinajstić information content (AvgIpc) is 3.50. The Kier molecular flexibility index (Phi) is 5.16. The molecule has 1 unspecified atom stereocenters. The lowest BCUT2D eigenvalue weighted by Gasteiger charge is -2.29. The topological polar surface area (TPSA) is 31.9 Å². The first-order valence-electron chi connectivity index (χ1n) is 11.6. The average molecular weight is 436 g/mol. The molecule has 0 amide bonds. The number of fused-ring (bicyclic) bond motifs is 1. The van der Waals surface area contributed by atoms with Crippen LogP contribution in [0, 0.1) is 5.82 Å². The van der Waals surface area contributed by atoms with Crippen molar-refractivity contribution < 1.29 is 4.39 Å². The van der Waals surface area contributed by atoms with E-state index in [0.29, 0.717) is 12.0 Å². The number of hydrogen-bond acceptors (Lipinski definition) is 2. The molecule has 0 spiro atoms. The van der Waals surface area contributed by atoms with E-state index >= 15 is 0 Å². The van der Waals surface area contributed by atoms with Gasteiger partial charge in [-0.05, 0) is 77.4 Å². The lowest BCUT2D eigenvalue weighted by atomic mass is 9.88. The molecular weight excluding hydrogens is 409 g/mol. The van der Waals surface area contributed by atoms with Crippen molar-refractivity contribution in [2.45, 2.75) is 24.8 Å². The van der Waals surface area contributed by atoms with Crippen molar-refractivity contribution >= 4 is 5.57 Å². The summed E-state index contributed by atoms with van der Waals surface area (Å²) >= 11 is 0. The number of pyridine rings is 1. The molecule has 33 heavy (non-hydrogen) atoms. The van der Waals surface area contributed by atoms with Crippen LogP contribution in [-0.4, -0.2) is 34.0 Å². The molecule has 1 fully saturated rings. The van der Waals surface area contributed by atoms with E-state index in [1.807, 2.05) is 24.5 Å². The third kappa shape index (κ3) is 3.81. The van der Waals surface area contributed by atoms with Crippen LogP contribution in [0.4, 0.5) is 4.39 Å². The quantitative estimate of drug-likeness (QED) is 0.395. The Hall–Kier alpha value is -3.50. The smallest absolute Gasteiger partial charge is 0.123 e. The van der Waals surface area contributed by atoms with Gasteiger partial charge in [0.1, 0.15) is 5.82 Å². The number of benzene rings is 2. The van der Waals surface area contributed by atoms with Crippen LogP contribution in [-0.2, 0) is 0 Å². The van der Waals surface area contributed by atoms with Crippen LogP contribution in [0.15, 0.2) is 91.4 Å². The van der Waals surface area contributed by atoms with E-state index in [0.717, 1.165) is 36.3 Å². The van der Waals surface area contributed by atoms with Crippen LogP contribution in [0.3, 0.4) is 0 Å². The van der Waals surface area contributed by atoms with Crippen molar-refractivity contribution in [1.29, 1.82) is 0 Å². The Morgan fingerprint density at radius 2 is 1.70 bits per heavy atom. The molecule has 4 aromatic rings. The van der Waals surface area contributed by atoms with Crippen LogP contribution >= 0.6 is 0 Å². The van der Waals surface area contributed by atoms with Crippen molar-refractivity contribution in [3.8, 4) is 22.4 Å². The number of nitrogens with one attached hydrogen (secondary N) is 1. The second-order valence-corrected chi connectivity index (χ2v) is 9.08. The van der Waals surface area contributed by atoms with Gasteiger partial charge < -0.3 is 4.98 Å². The predicted octanol–water partition coefficient (Wildman–Crippen LogP) is 6.53. The Balaban J connectivity index is 1.34. The number of nitrogens with zero attached hydrogens (tertiary/aromatic N) is 2. The largest absolute Gasteiger partial charge is 0.360 e. The maximum atomic E-state index is 13.6. The molecule has 2 aliphatic rings. The number of aromatic amines is 1. The van der Waals surface area contributed by atoms with Crippen LogP contribution in [0.2, 0.25) is 0 Å². The fourth-order valence-electron chi connectivity index (χ4n) is 5.51. The molecule has 2 aromatic carbocycles. The minimum atomic E-state index is -0.222. The molecule has 0 saturated carbocycles. The highest BCUT2D eigenvalue weighted by molar-refractivity contribution is 5.91. The number of rotatable bonds is 4. The zero-order chi connectivity index (χ0) is 22.2. The molecule has 1 N–H and O–H groups in total. The molecule has 4 heterocycles. The van der Waals surface area contributed by atoms with Crippen LogP contribution < -0.4 is 0 Å². The summed E-state index contributed by atoms with van der Waals surface area (Å²) in [6.45, 7) is 2.11. The fourth-order valence-corrected chi connectivity index (χ4v) is 5.51. The van der Waals surface area contributed by atoms with E-state index < -0.39 is 0 Å². The monoisotopic (exact) mass is 435 g/mol. The standard InChI is InChI=1S/C29H26FN3/c30-25-8-6-22(7-9-25)29-28(21-10-13-31-14-11-21)27(18-32-29)23-12-15-33-19-24(17-26(33)16-23)20-4-2-1-3-5-20/h1-14,18,24,26,32H,15-17,19H2/t24?,26-/m1/s1. The summed E-state index contributed by atoms with van der Waals surface area (Å²) in [4.78, 5) is 10.3. The Morgan fingerprint density at radius 3 is 2.48 bits per heavy atom. The maximum absolute atomic E-state index is 13.6. The van der Waals surface area contributed by atoms with Gasteiger partial charge in [0.15, 0.2) is 0 Å². The lowest BCUT2D eigenvalue weighted by molar-refractivity contribution is 0.274. The van der Waals surface area contributed by atoms with Gasteiger partial charge in [-0.25, -0.2) is 4.39 Å². The van der Waals surface area contributed by atoms with E-state index in [-0.39, 0.29) is 5.82 Å². The van der Waals surface area contributed by atoms with Gasteiger partial charge in [0.2, 0.25) is 0 Å². The van der Waals surface area contributed by atoms with Gasteiger partial charge in [-0.15, -0.1) is 0 Å². The highest BCUT2D eigenvalue weighted by atomic mass is 19.1. The zero-order valence-electron chi connectivity index (χ0n) is 18.4. The molecule has 164 valence electrons. The van der Waals surface area contributed by atoms with Crippen molar-refractivity contribution in [2.75, 3.05) is 13.1 Å². The van der Waals surface area contributed by atoms with E-state index in [1.54, 1.807) is 0 Å². The van der Waals surface area contributed by atoms with Crippen LogP contribution in [0.1, 0.15) is 29.9 Å². The molecule has 4 heteroatoms. The van der Waals surface area contributed by atoms with Gasteiger partial charge in [-0.3, -0.25) is 9.88 Å². The van der Waals surface area contributed by atoms with E-state index in [4.69, 9.17) is 0 Å². The minimum Gasteiger partial charge on any atom is -0.360 e. The Bertz CT molecular complexity index is 1280. The predicted molar refractivity (Wildman–Crippen MR) is 131 cm³/mol. The van der Waals surface area contributed by atoms with E-state index in [1.165, 1.54) is 40.8 Å². The molecule has 6 rings (SSSR count). The molecule has 0 bridgehead atoms. The number of hydrogen-bond donors (Lipinski definition) is 1. The Labute approximate surface area is 193 Å². The second-order valence-electron chi connectivity index (χ2n) is 9.08. The van der Waals surface area contributed by atoms with Crippen molar-refractivity contribution in [3.63, 3.8) is 0 Å². The lowest BCUT2D eigenvalue weighted by Crippen LogP contribution is -2.33. The normalized spacial score (nSPS) is 20.5. The second kappa shape index (κ2) is 8.45. The third-order valence-corrected chi connectivity index (χ3v) is 7.15. The number of halogens is 1. The summed E-state index contributed by atoms with van der Waals surface area (Å²) in [6, 6.07) is 22.3. The first kappa shape index (κ1) is 20.1. The van der Waals surface area contributed by atoms with Gasteiger partial charge >= 0.3 is 0 Å². The molecular formula is C29H26FN3. The summed E-state index contributed by atoms with van der Waals surface area (Å²) in [6.07, 6.45) is 10.4. The summed E-state index contributed by atoms with van der Waals surface area (Å²) in [5, 5.41) is 0. The van der Waals surface area contributed by atoms with Crippen LogP contribution in [0.25, 0.3) is 28.0 Å². The van der Waals surface area contributed by atoms with E-state index in [2.05, 4.69) is 69.6 Å². The number of H-pyrrole nitrogens is 1. The van der Waals surface area contributed by atoms with Crippen molar-refractivity contribution in [3.05, 3.63) is 108 Å². The van der Waals surface area contributed by atoms with Crippen LogP contribution in [0.5, 0.6) is 0 Å². The molecule has 3 nitrogen and oxygen atoms in total. The fraction of sp³-hybridized carbons (Fsp3) is 0.207. The summed E-state index contributed by atoms with van der Waals surface area (Å²) in [7, 11) is 0. The van der Waals surface area contributed by atoms with Gasteiger partial charge in [0.25, 0.3) is 0 Å². The third-order valence-electron chi connectivity index (χ3n) is 7.15. The molecule has 2 atom stereocenters. The van der Waals surface area contributed by atoms with Gasteiger partial charge in [-0.1, -0.05) is 36.4 Å². The highest BCUT2D eigenvalue weighted by Gasteiger charge is 2.35. The SMILES string of the molecule is Fc1ccc(-c2[nH]cc(C3=CCN4CC(c5ccccc5)C[C@H]4C3)c2-c2ccncc2)cc1. The van der Waals surface area contributed by atoms with Gasteiger partial charge in [0.05, 0.1) is 5.69 Å². The summed E-state index contributed by atoms with van der Waals surface area (Å²) in [5.74, 6) is 0.380. The van der Waals surface area contributed by atoms with E-state index in [9.17, 15) is 4.39 Å². The zero-order valence-corrected chi connectivity index (χ0v) is 18.4. The molecule has 0 aliphatic carbocycles. The summed E-state index contributed by atoms with van der Waals surface area (Å²) < 4.78 is 13.6. The number of aromatic nitrogens is 2. The van der Waals surface area contributed by atoms with Gasteiger partial charge in [0, 0.05) is 48.8 Å². The first-order valence-corrected chi connectivity index (χ1v) is 11.6. The van der Waals surface area contributed by atoms with Crippen molar-refractivity contribution in [1.82, 2.24) is 14.9 Å². The highest BCUT2D eigenvalue weighted by Crippen LogP contribution is 2.43. The maximum Gasteiger partial charge on any atom is 0.123 e. The first-order chi connectivity index (χ1) is 16.3. The molecule has 2 aromatic heterocycles. The summed E-state index contributed by atoms with van der Waals surface area (Å²) in [5.41, 5.74) is 8.38. The van der Waals surface area contributed by atoms with Crippen molar-refractivity contribution in [2.24, 2.45) is 0 Å². The van der Waals surface area contributed by atoms with Gasteiger partial charge in [-0.2, -0.15) is 0 Å². The molecule has 1 saturated heterocycles. The Morgan fingerprint density at radius 1 is 0.909 bits per heavy atom.